The molecule has 16 heteroatoms. The summed E-state index contributed by atoms with van der Waals surface area (Å²) in [4.78, 5) is 48.0. The van der Waals surface area contributed by atoms with Gasteiger partial charge in [-0.05, 0) is 63.3 Å². The molecule has 1 saturated carbocycles. The number of aryl methyl sites for hydroxylation is 1. The van der Waals surface area contributed by atoms with Gasteiger partial charge in [0.05, 0.1) is 27.1 Å². The highest BCUT2D eigenvalue weighted by atomic mass is 35.5. The number of anilines is 1. The van der Waals surface area contributed by atoms with E-state index >= 15 is 0 Å². The predicted molar refractivity (Wildman–Crippen MR) is 146 cm³/mol. The van der Waals surface area contributed by atoms with Crippen LogP contribution in [0, 0.1) is 6.92 Å². The van der Waals surface area contributed by atoms with Crippen LogP contribution in [0.3, 0.4) is 0 Å². The van der Waals surface area contributed by atoms with Crippen LogP contribution in [0.1, 0.15) is 44.2 Å². The van der Waals surface area contributed by atoms with Crippen LogP contribution in [-0.4, -0.2) is 66.6 Å². The first-order chi connectivity index (χ1) is 18.2. The Morgan fingerprint density at radius 1 is 1.28 bits per heavy atom. The van der Waals surface area contributed by atoms with Crippen molar-refractivity contribution in [1.82, 2.24) is 10.3 Å². The monoisotopic (exact) mass is 623 g/mol. The molecule has 0 spiro atoms. The lowest BCUT2D eigenvalue weighted by atomic mass is 10.2. The number of esters is 1. The minimum atomic E-state index is -4.78. The molecule has 1 aliphatic carbocycles. The first kappa shape index (κ1) is 31.6. The van der Waals surface area contributed by atoms with Gasteiger partial charge < -0.3 is 25.2 Å². The first-order valence-electron chi connectivity index (χ1n) is 12.1. The van der Waals surface area contributed by atoms with Crippen molar-refractivity contribution in [2.75, 3.05) is 24.7 Å². The maximum atomic E-state index is 12.5. The summed E-state index contributed by atoms with van der Waals surface area (Å²) in [7, 11) is -8.31. The van der Waals surface area contributed by atoms with Crippen molar-refractivity contribution in [1.29, 1.82) is 0 Å². The first-order valence-corrected chi connectivity index (χ1v) is 16.8. The number of hydrogen-bond acceptors (Lipinski definition) is 10. The Morgan fingerprint density at radius 2 is 1.97 bits per heavy atom. The van der Waals surface area contributed by atoms with Crippen LogP contribution in [0.15, 0.2) is 23.1 Å². The summed E-state index contributed by atoms with van der Waals surface area (Å²) in [6.07, 6.45) is 4.62. The van der Waals surface area contributed by atoms with Gasteiger partial charge >= 0.3 is 13.8 Å². The zero-order valence-electron chi connectivity index (χ0n) is 21.4. The number of hydrogen-bond donors (Lipinski definition) is 4. The normalized spacial score (nSPS) is 15.3. The quantitative estimate of drug-likeness (QED) is 0.146. The largest absolute Gasteiger partial charge is 0.469 e. The Hall–Kier alpha value is -1.90. The molecule has 3 rings (SSSR count). The summed E-state index contributed by atoms with van der Waals surface area (Å²) in [6, 6.07) is 3.56. The van der Waals surface area contributed by atoms with Crippen molar-refractivity contribution >= 4 is 57.6 Å². The third kappa shape index (κ3) is 9.90. The topological polar surface area (TPSA) is 181 Å². The fourth-order valence-electron chi connectivity index (χ4n) is 3.99. The Bertz CT molecular complexity index is 1340. The number of nitrogens with one attached hydrogen (secondary N) is 2. The van der Waals surface area contributed by atoms with Crippen LogP contribution in [0.4, 0.5) is 5.13 Å². The molecule has 1 atom stereocenters. The fraction of sp³-hybridized carbons (Fsp3) is 0.522. The van der Waals surface area contributed by atoms with Crippen molar-refractivity contribution in [3.8, 4) is 10.4 Å². The van der Waals surface area contributed by atoms with Crippen LogP contribution in [0.2, 0.25) is 5.02 Å². The molecular weight excluding hydrogens is 593 g/mol. The molecule has 39 heavy (non-hydrogen) atoms. The average Bonchev–Trinajstić information content (AvgIpc) is 3.46. The molecule has 216 valence electrons. The second-order valence-electron chi connectivity index (χ2n) is 9.14. The molecule has 1 fully saturated rings. The molecule has 1 aromatic heterocycles. The van der Waals surface area contributed by atoms with E-state index in [4.69, 9.17) is 26.1 Å². The second kappa shape index (κ2) is 13.6. The van der Waals surface area contributed by atoms with Crippen molar-refractivity contribution in [3.05, 3.63) is 28.9 Å². The van der Waals surface area contributed by atoms with E-state index in [1.165, 1.54) is 23.5 Å². The van der Waals surface area contributed by atoms with Gasteiger partial charge in [-0.2, -0.15) is 0 Å². The average molecular weight is 624 g/mol. The van der Waals surface area contributed by atoms with Crippen LogP contribution in [0.25, 0.3) is 10.4 Å². The molecule has 2 aromatic rings. The third-order valence-electron chi connectivity index (χ3n) is 5.89. The number of aromatic nitrogens is 1. The summed E-state index contributed by atoms with van der Waals surface area (Å²) in [6.45, 7) is 1.35. The number of sulfone groups is 1. The number of carbonyl (C=O) groups excluding carboxylic acids is 2. The van der Waals surface area contributed by atoms with E-state index in [-0.39, 0.29) is 34.9 Å². The molecule has 0 unspecified atom stereocenters. The number of rotatable bonds is 13. The summed E-state index contributed by atoms with van der Waals surface area (Å²) < 4.78 is 45.0. The predicted octanol–water partition coefficient (Wildman–Crippen LogP) is 3.45. The van der Waals surface area contributed by atoms with Gasteiger partial charge in [0.1, 0.15) is 12.1 Å². The van der Waals surface area contributed by atoms with Crippen LogP contribution in [0.5, 0.6) is 0 Å². The Labute approximate surface area is 235 Å². The number of nitrogens with zero attached hydrogens (tertiary/aromatic N) is 1. The number of ether oxygens (including phenoxy) is 1. The molecule has 0 saturated heterocycles. The Morgan fingerprint density at radius 3 is 2.62 bits per heavy atom. The minimum absolute atomic E-state index is 0.00386. The number of benzene rings is 1. The highest BCUT2D eigenvalue weighted by Crippen LogP contribution is 2.36. The maximum Gasteiger partial charge on any atom is 0.469 e. The SMILES string of the molecule is Cc1nc(NC(=O)CCCN[C@@H](COP(=O)(O)O)C(=O)OC2CCCC2)sc1-c1ccc(Cl)c(S(C)(=O)=O)c1. The van der Waals surface area contributed by atoms with Gasteiger partial charge in [0.15, 0.2) is 15.0 Å². The zero-order chi connectivity index (χ0) is 28.8. The van der Waals surface area contributed by atoms with E-state index in [1.807, 2.05) is 0 Å². The molecule has 1 aliphatic rings. The number of amides is 1. The summed E-state index contributed by atoms with van der Waals surface area (Å²) in [5.41, 5.74) is 1.21. The molecular formula is C23H31ClN3O9PS2. The van der Waals surface area contributed by atoms with E-state index in [0.717, 1.165) is 31.9 Å². The van der Waals surface area contributed by atoms with Gasteiger partial charge in [-0.3, -0.25) is 14.1 Å². The highest BCUT2D eigenvalue weighted by molar-refractivity contribution is 7.90. The van der Waals surface area contributed by atoms with E-state index in [1.54, 1.807) is 13.0 Å². The molecule has 12 nitrogen and oxygen atoms in total. The maximum absolute atomic E-state index is 12.5. The van der Waals surface area contributed by atoms with E-state index in [2.05, 4.69) is 20.1 Å². The molecule has 0 bridgehead atoms. The lowest BCUT2D eigenvalue weighted by Gasteiger charge is -2.20. The molecule has 1 heterocycles. The van der Waals surface area contributed by atoms with Gasteiger partial charge in [-0.25, -0.2) is 18.0 Å². The zero-order valence-corrected chi connectivity index (χ0v) is 24.7. The van der Waals surface area contributed by atoms with Gasteiger partial charge in [0.25, 0.3) is 0 Å². The van der Waals surface area contributed by atoms with E-state index in [9.17, 15) is 22.6 Å². The lowest BCUT2D eigenvalue weighted by molar-refractivity contribution is -0.152. The third-order valence-corrected chi connectivity index (χ3v) is 9.07. The van der Waals surface area contributed by atoms with Crippen LogP contribution in [-0.2, 0) is 33.3 Å². The summed E-state index contributed by atoms with van der Waals surface area (Å²) >= 11 is 7.22. The molecule has 1 amide bonds. The number of carbonyl (C=O) groups is 2. The van der Waals surface area contributed by atoms with Gasteiger partial charge in [-0.1, -0.05) is 29.0 Å². The Balaban J connectivity index is 1.54. The van der Waals surface area contributed by atoms with Gasteiger partial charge in [0, 0.05) is 12.7 Å². The van der Waals surface area contributed by atoms with E-state index in [0.29, 0.717) is 27.7 Å². The summed E-state index contributed by atoms with van der Waals surface area (Å²) in [5.74, 6) is -0.992. The molecule has 1 aromatic carbocycles. The highest BCUT2D eigenvalue weighted by Gasteiger charge is 2.28. The van der Waals surface area contributed by atoms with Gasteiger partial charge in [-0.15, -0.1) is 0 Å². The number of halogens is 1. The second-order valence-corrected chi connectivity index (χ2v) is 13.8. The summed E-state index contributed by atoms with van der Waals surface area (Å²) in [5, 5.41) is 6.01. The van der Waals surface area contributed by atoms with Crippen molar-refractivity contribution < 1.29 is 41.6 Å². The molecule has 4 N–H and O–H groups in total. The molecule has 0 radical (unpaired) electrons. The molecule has 0 aliphatic heterocycles. The minimum Gasteiger partial charge on any atom is -0.461 e. The Kier molecular flexibility index (Phi) is 11.1. The lowest BCUT2D eigenvalue weighted by Crippen LogP contribution is -2.43. The van der Waals surface area contributed by atoms with Crippen molar-refractivity contribution in [2.24, 2.45) is 0 Å². The van der Waals surface area contributed by atoms with Crippen molar-refractivity contribution in [3.63, 3.8) is 0 Å². The number of phosphoric acid groups is 1. The van der Waals surface area contributed by atoms with Gasteiger partial charge in [0.2, 0.25) is 5.91 Å². The standard InChI is InChI=1S/C23H31ClN3O9PS2/c1-14-21(15-9-10-17(24)19(12-15)39(2,33)34)38-23(26-14)27-20(28)8-5-11-25-18(13-35-37(30,31)32)22(29)36-16-6-3-4-7-16/h9-10,12,16,18,25H,3-8,11,13H2,1-2H3,(H,26,27,28)(H2,30,31,32)/t18-/m0/s1. The number of thiazole rings is 1. The number of phosphoric ester groups is 1. The smallest absolute Gasteiger partial charge is 0.461 e. The van der Waals surface area contributed by atoms with E-state index < -0.39 is 36.3 Å². The van der Waals surface area contributed by atoms with Crippen LogP contribution < -0.4 is 10.6 Å². The van der Waals surface area contributed by atoms with Crippen molar-refractivity contribution in [2.45, 2.75) is 62.5 Å². The van der Waals surface area contributed by atoms with Crippen LogP contribution >= 0.6 is 30.8 Å². The fourth-order valence-corrected chi connectivity index (χ4v) is 6.61.